The molecule has 0 bridgehead atoms. The molecule has 1 heterocycles. The molecule has 1 rings (SSSR count). The zero-order chi connectivity index (χ0) is 7.40. The number of hydrogen-bond acceptors (Lipinski definition) is 2. The zero-order valence-electron chi connectivity index (χ0n) is 5.59. The molecule has 1 fully saturated rings. The van der Waals surface area contributed by atoms with Gasteiger partial charge in [0.25, 0.3) is 0 Å². The molecule has 2 amide bonds. The van der Waals surface area contributed by atoms with Gasteiger partial charge >= 0.3 is 6.03 Å². The van der Waals surface area contributed by atoms with E-state index in [1.807, 2.05) is 5.43 Å². The highest BCUT2D eigenvalue weighted by atomic mass is 16.5. The van der Waals surface area contributed by atoms with E-state index in [-0.39, 0.29) is 6.03 Å². The first-order valence-corrected chi connectivity index (χ1v) is 3.14. The molecule has 0 aliphatic carbocycles. The van der Waals surface area contributed by atoms with Crippen molar-refractivity contribution >= 4 is 6.03 Å². The van der Waals surface area contributed by atoms with Crippen LogP contribution in [0, 0.1) is 0 Å². The summed E-state index contributed by atoms with van der Waals surface area (Å²) in [7, 11) is 0. The van der Waals surface area contributed by atoms with Gasteiger partial charge in [-0.1, -0.05) is 0 Å². The van der Waals surface area contributed by atoms with Crippen LogP contribution in [-0.4, -0.2) is 37.2 Å². The number of hydrogen-bond donors (Lipinski definition) is 1. The van der Waals surface area contributed by atoms with E-state index in [2.05, 4.69) is 0 Å². The summed E-state index contributed by atoms with van der Waals surface area (Å²) in [6.45, 7) is 2.33. The van der Waals surface area contributed by atoms with Crippen molar-refractivity contribution in [2.75, 3.05) is 26.3 Å². The molecule has 1 aliphatic rings. The number of nitrogens with one attached hydrogen (secondary N) is 2. The molecule has 57 valence electrons. The van der Waals surface area contributed by atoms with Crippen molar-refractivity contribution in [3.8, 4) is 0 Å². The van der Waals surface area contributed by atoms with Crippen molar-refractivity contribution in [2.24, 2.45) is 0 Å². The van der Waals surface area contributed by atoms with E-state index in [0.29, 0.717) is 26.3 Å². The molecule has 1 aliphatic heterocycles. The van der Waals surface area contributed by atoms with E-state index in [1.165, 1.54) is 0 Å². The largest absolute Gasteiger partial charge is 0.378 e. The first-order valence-electron chi connectivity index (χ1n) is 3.14. The fourth-order valence-corrected chi connectivity index (χ4v) is 0.845. The van der Waals surface area contributed by atoms with Gasteiger partial charge in [0.2, 0.25) is 0 Å². The molecule has 0 aromatic rings. The van der Waals surface area contributed by atoms with Gasteiger partial charge in [-0.3, -0.25) is 5.43 Å². The van der Waals surface area contributed by atoms with Gasteiger partial charge in [-0.25, -0.2) is 4.79 Å². The van der Waals surface area contributed by atoms with Crippen LogP contribution in [0.3, 0.4) is 0 Å². The van der Waals surface area contributed by atoms with Crippen molar-refractivity contribution in [2.45, 2.75) is 0 Å². The van der Waals surface area contributed by atoms with Gasteiger partial charge in [0.15, 0.2) is 0 Å². The summed E-state index contributed by atoms with van der Waals surface area (Å²) in [5.41, 5.74) is 1.82. The van der Waals surface area contributed by atoms with Crippen LogP contribution in [0.4, 0.5) is 4.79 Å². The van der Waals surface area contributed by atoms with Crippen molar-refractivity contribution in [1.29, 1.82) is 0 Å². The smallest absolute Gasteiger partial charge is 0.333 e. The Hall–Kier alpha value is -0.810. The highest BCUT2D eigenvalue weighted by Gasteiger charge is 2.14. The van der Waals surface area contributed by atoms with Crippen LogP contribution in [0.1, 0.15) is 0 Å². The second kappa shape index (κ2) is 3.38. The second-order valence-corrected chi connectivity index (χ2v) is 2.03. The molecule has 2 N–H and O–H groups in total. The predicted octanol–water partition coefficient (Wildman–Crippen LogP) is -0.774. The van der Waals surface area contributed by atoms with Gasteiger partial charge in [-0.05, 0) is 0 Å². The number of amides is 2. The molecule has 0 atom stereocenters. The van der Waals surface area contributed by atoms with Crippen molar-refractivity contribution < 1.29 is 9.53 Å². The average molecular weight is 144 g/mol. The van der Waals surface area contributed by atoms with Crippen molar-refractivity contribution in [3.05, 3.63) is 0 Å². The fourth-order valence-electron chi connectivity index (χ4n) is 0.845. The van der Waals surface area contributed by atoms with Crippen LogP contribution in [0.2, 0.25) is 0 Å². The van der Waals surface area contributed by atoms with Crippen LogP contribution in [0.5, 0.6) is 0 Å². The Balaban J connectivity index is 2.31. The molecule has 0 spiro atoms. The molecular formula is C5H10N3O2. The highest BCUT2D eigenvalue weighted by Crippen LogP contribution is 1.95. The first kappa shape index (κ1) is 7.30. The topological polar surface area (TPSA) is 65.4 Å². The predicted molar refractivity (Wildman–Crippen MR) is 34.0 cm³/mol. The Morgan fingerprint density at radius 1 is 1.50 bits per heavy atom. The molecular weight excluding hydrogens is 134 g/mol. The summed E-state index contributed by atoms with van der Waals surface area (Å²) < 4.78 is 5.01. The number of ether oxygens (including phenoxy) is 1. The Kier molecular flexibility index (Phi) is 2.47. The molecule has 10 heavy (non-hydrogen) atoms. The van der Waals surface area contributed by atoms with E-state index in [4.69, 9.17) is 10.6 Å². The summed E-state index contributed by atoms with van der Waals surface area (Å²) in [5.74, 6) is 6.56. The minimum Gasteiger partial charge on any atom is -0.378 e. The molecule has 0 saturated carbocycles. The standard InChI is InChI=1S/C5H10N3O2/c6-7-5(9)8-1-3-10-4-2-8/h6H,1-4H2,(H,7,9). The minimum absolute atomic E-state index is 0.344. The van der Waals surface area contributed by atoms with E-state index >= 15 is 0 Å². The molecule has 1 saturated heterocycles. The molecule has 5 nitrogen and oxygen atoms in total. The van der Waals surface area contributed by atoms with Crippen LogP contribution in [0.25, 0.3) is 0 Å². The third-order valence-corrected chi connectivity index (χ3v) is 1.41. The van der Waals surface area contributed by atoms with Gasteiger partial charge in [-0.2, -0.15) is 5.84 Å². The molecule has 0 aromatic carbocycles. The van der Waals surface area contributed by atoms with E-state index in [9.17, 15) is 4.79 Å². The number of morpholine rings is 1. The Bertz CT molecular complexity index is 122. The average Bonchev–Trinajstić information content (AvgIpc) is 2.05. The minimum atomic E-state index is -0.344. The van der Waals surface area contributed by atoms with Gasteiger partial charge in [0.05, 0.1) is 13.2 Å². The normalized spacial score (nSPS) is 18.7. The van der Waals surface area contributed by atoms with E-state index < -0.39 is 0 Å². The zero-order valence-corrected chi connectivity index (χ0v) is 5.59. The van der Waals surface area contributed by atoms with Gasteiger partial charge in [0.1, 0.15) is 0 Å². The van der Waals surface area contributed by atoms with Crippen molar-refractivity contribution in [1.82, 2.24) is 16.2 Å². The lowest BCUT2D eigenvalue weighted by atomic mass is 10.4. The fraction of sp³-hybridized carbons (Fsp3) is 0.800. The monoisotopic (exact) mass is 144 g/mol. The van der Waals surface area contributed by atoms with Gasteiger partial charge in [-0.15, -0.1) is 0 Å². The van der Waals surface area contributed by atoms with Gasteiger partial charge < -0.3 is 9.64 Å². The van der Waals surface area contributed by atoms with Gasteiger partial charge in [0, 0.05) is 13.1 Å². The van der Waals surface area contributed by atoms with Crippen LogP contribution >= 0.6 is 0 Å². The lowest BCUT2D eigenvalue weighted by Gasteiger charge is -2.25. The molecule has 1 radical (unpaired) electrons. The summed E-state index contributed by atoms with van der Waals surface area (Å²) in [6, 6.07) is -0.344. The Labute approximate surface area is 59.1 Å². The SMILES string of the molecule is [NH]NC(=O)N1CCOCC1. The maximum absolute atomic E-state index is 10.7. The summed E-state index contributed by atoms with van der Waals surface area (Å²) in [4.78, 5) is 12.3. The number of nitrogens with zero attached hydrogens (tertiary/aromatic N) is 1. The second-order valence-electron chi connectivity index (χ2n) is 2.03. The Morgan fingerprint density at radius 2 is 2.10 bits per heavy atom. The summed E-state index contributed by atoms with van der Waals surface area (Å²) in [6.07, 6.45) is 0. The maximum atomic E-state index is 10.7. The quantitative estimate of drug-likeness (QED) is 0.453. The lowest BCUT2D eigenvalue weighted by molar-refractivity contribution is 0.0531. The van der Waals surface area contributed by atoms with E-state index in [0.717, 1.165) is 0 Å². The molecule has 5 heteroatoms. The molecule has 0 unspecified atom stereocenters. The third-order valence-electron chi connectivity index (χ3n) is 1.41. The number of urea groups is 1. The summed E-state index contributed by atoms with van der Waals surface area (Å²) in [5, 5.41) is 0. The lowest BCUT2D eigenvalue weighted by Crippen LogP contribution is -2.45. The van der Waals surface area contributed by atoms with Crippen LogP contribution < -0.4 is 11.3 Å². The highest BCUT2D eigenvalue weighted by molar-refractivity contribution is 5.73. The number of carbonyl (C=O) groups excluding carboxylic acids is 1. The molecule has 0 aromatic heterocycles. The third kappa shape index (κ3) is 1.58. The van der Waals surface area contributed by atoms with E-state index in [1.54, 1.807) is 4.90 Å². The number of carbonyl (C=O) groups is 1. The summed E-state index contributed by atoms with van der Waals surface area (Å²) >= 11 is 0. The number of rotatable bonds is 0. The Morgan fingerprint density at radius 3 is 2.60 bits per heavy atom. The van der Waals surface area contributed by atoms with Crippen LogP contribution in [0.15, 0.2) is 0 Å². The first-order chi connectivity index (χ1) is 4.84. The van der Waals surface area contributed by atoms with Crippen LogP contribution in [-0.2, 0) is 4.74 Å². The van der Waals surface area contributed by atoms with Crippen molar-refractivity contribution in [3.63, 3.8) is 0 Å². The maximum Gasteiger partial charge on any atom is 0.333 e.